The molecule has 0 amide bonds. The third-order valence-electron chi connectivity index (χ3n) is 4.75. The van der Waals surface area contributed by atoms with Gasteiger partial charge >= 0.3 is 0 Å². The Kier molecular flexibility index (Phi) is 7.04. The lowest BCUT2D eigenvalue weighted by atomic mass is 10.3. The first-order valence-electron chi connectivity index (χ1n) is 9.85. The summed E-state index contributed by atoms with van der Waals surface area (Å²) in [4.78, 5) is 20.1. The summed E-state index contributed by atoms with van der Waals surface area (Å²) < 4.78 is 0. The number of nitrogens with zero attached hydrogens (tertiary/aromatic N) is 5. The molecule has 146 valence electrons. The standard InChI is InChI=1S/C20H30N6S/c1-4-17-16(3)27-19(24-17)9-11-23-20(21-5-2)26-14-12-25(13-15-26)18-8-6-7-10-22-18/h6-8,10H,4-5,9,11-15H2,1-3H3,(H,21,23). The second kappa shape index (κ2) is 9.69. The van der Waals surface area contributed by atoms with Crippen LogP contribution in [0.1, 0.15) is 29.4 Å². The Hall–Kier alpha value is -2.15. The van der Waals surface area contributed by atoms with Gasteiger partial charge in [-0.2, -0.15) is 0 Å². The van der Waals surface area contributed by atoms with Gasteiger partial charge in [0, 0.05) is 56.8 Å². The number of pyridine rings is 1. The highest BCUT2D eigenvalue weighted by molar-refractivity contribution is 7.11. The number of aliphatic imine (C=N–C) groups is 1. The normalized spacial score (nSPS) is 15.3. The van der Waals surface area contributed by atoms with Gasteiger partial charge in [-0.15, -0.1) is 11.3 Å². The predicted molar refractivity (Wildman–Crippen MR) is 114 cm³/mol. The van der Waals surface area contributed by atoms with E-state index >= 15 is 0 Å². The fraction of sp³-hybridized carbons (Fsp3) is 0.550. The minimum absolute atomic E-state index is 0.777. The van der Waals surface area contributed by atoms with Crippen molar-refractivity contribution < 1.29 is 0 Å². The maximum absolute atomic E-state index is 4.86. The van der Waals surface area contributed by atoms with E-state index in [0.29, 0.717) is 0 Å². The van der Waals surface area contributed by atoms with E-state index in [1.54, 1.807) is 0 Å². The van der Waals surface area contributed by atoms with Crippen LogP contribution in [-0.2, 0) is 12.8 Å². The fourth-order valence-electron chi connectivity index (χ4n) is 3.29. The molecule has 2 aromatic heterocycles. The second-order valence-corrected chi connectivity index (χ2v) is 7.90. The van der Waals surface area contributed by atoms with Crippen molar-refractivity contribution in [3.8, 4) is 0 Å². The van der Waals surface area contributed by atoms with Crippen molar-refractivity contribution in [2.24, 2.45) is 4.99 Å². The molecule has 1 aliphatic rings. The van der Waals surface area contributed by atoms with E-state index in [1.165, 1.54) is 15.6 Å². The maximum Gasteiger partial charge on any atom is 0.194 e. The number of hydrogen-bond donors (Lipinski definition) is 1. The van der Waals surface area contributed by atoms with Gasteiger partial charge in [0.1, 0.15) is 5.82 Å². The van der Waals surface area contributed by atoms with Gasteiger partial charge < -0.3 is 15.1 Å². The van der Waals surface area contributed by atoms with Crippen LogP contribution in [0.4, 0.5) is 5.82 Å². The molecular formula is C20H30N6S. The van der Waals surface area contributed by atoms with Crippen LogP contribution >= 0.6 is 11.3 Å². The fourth-order valence-corrected chi connectivity index (χ4v) is 4.30. The van der Waals surface area contributed by atoms with Crippen LogP contribution in [-0.4, -0.2) is 60.1 Å². The number of piperazine rings is 1. The molecule has 3 heterocycles. The average Bonchev–Trinajstić information content (AvgIpc) is 3.08. The first kappa shape index (κ1) is 19.6. The number of nitrogens with one attached hydrogen (secondary N) is 1. The van der Waals surface area contributed by atoms with E-state index in [9.17, 15) is 0 Å². The van der Waals surface area contributed by atoms with Crippen molar-refractivity contribution in [2.45, 2.75) is 33.6 Å². The van der Waals surface area contributed by atoms with Crippen LogP contribution in [0, 0.1) is 6.92 Å². The molecule has 1 N–H and O–H groups in total. The molecule has 3 rings (SSSR count). The van der Waals surface area contributed by atoms with E-state index in [2.05, 4.69) is 46.9 Å². The molecule has 1 saturated heterocycles. The van der Waals surface area contributed by atoms with Crippen LogP contribution in [0.5, 0.6) is 0 Å². The largest absolute Gasteiger partial charge is 0.357 e. The van der Waals surface area contributed by atoms with Crippen LogP contribution in [0.3, 0.4) is 0 Å². The quantitative estimate of drug-likeness (QED) is 0.611. The molecule has 7 heteroatoms. The van der Waals surface area contributed by atoms with Crippen LogP contribution < -0.4 is 10.2 Å². The third-order valence-corrected chi connectivity index (χ3v) is 5.82. The summed E-state index contributed by atoms with van der Waals surface area (Å²) in [6.45, 7) is 12.0. The van der Waals surface area contributed by atoms with E-state index in [0.717, 1.165) is 63.9 Å². The number of anilines is 1. The number of aryl methyl sites for hydroxylation is 2. The van der Waals surface area contributed by atoms with Gasteiger partial charge in [-0.25, -0.2) is 9.97 Å². The Morgan fingerprint density at radius 3 is 2.67 bits per heavy atom. The highest BCUT2D eigenvalue weighted by Crippen LogP contribution is 2.18. The number of aromatic nitrogens is 2. The SMILES string of the molecule is CCNC(=NCCc1nc(CC)c(C)s1)N1CCN(c2ccccn2)CC1. The Labute approximate surface area is 166 Å². The molecule has 0 bridgehead atoms. The Morgan fingerprint density at radius 2 is 2.04 bits per heavy atom. The van der Waals surface area contributed by atoms with Gasteiger partial charge in [0.25, 0.3) is 0 Å². The van der Waals surface area contributed by atoms with Gasteiger partial charge in [0.2, 0.25) is 0 Å². The van der Waals surface area contributed by atoms with Crippen LogP contribution in [0.25, 0.3) is 0 Å². The summed E-state index contributed by atoms with van der Waals surface area (Å²) in [5, 5.41) is 4.64. The summed E-state index contributed by atoms with van der Waals surface area (Å²) in [7, 11) is 0. The summed E-state index contributed by atoms with van der Waals surface area (Å²) in [5.74, 6) is 2.08. The van der Waals surface area contributed by atoms with Crippen molar-refractivity contribution in [3.63, 3.8) is 0 Å². The summed E-state index contributed by atoms with van der Waals surface area (Å²) in [6, 6.07) is 6.09. The summed E-state index contributed by atoms with van der Waals surface area (Å²) >= 11 is 1.81. The van der Waals surface area contributed by atoms with Crippen molar-refractivity contribution >= 4 is 23.1 Å². The van der Waals surface area contributed by atoms with Gasteiger partial charge in [0.05, 0.1) is 10.7 Å². The molecule has 0 unspecified atom stereocenters. The van der Waals surface area contributed by atoms with Crippen LogP contribution in [0.15, 0.2) is 29.4 Å². The van der Waals surface area contributed by atoms with Crippen molar-refractivity contribution in [2.75, 3.05) is 44.2 Å². The molecule has 1 fully saturated rings. The van der Waals surface area contributed by atoms with E-state index in [-0.39, 0.29) is 0 Å². The van der Waals surface area contributed by atoms with Gasteiger partial charge in [-0.05, 0) is 32.4 Å². The Balaban J connectivity index is 1.56. The van der Waals surface area contributed by atoms with Crippen molar-refractivity contribution in [1.29, 1.82) is 0 Å². The monoisotopic (exact) mass is 386 g/mol. The molecule has 0 atom stereocenters. The van der Waals surface area contributed by atoms with Crippen molar-refractivity contribution in [3.05, 3.63) is 40.0 Å². The minimum atomic E-state index is 0.777. The van der Waals surface area contributed by atoms with Gasteiger partial charge in [-0.1, -0.05) is 13.0 Å². The summed E-state index contributed by atoms with van der Waals surface area (Å²) in [5.41, 5.74) is 1.23. The number of rotatable bonds is 6. The molecule has 0 saturated carbocycles. The molecule has 0 spiro atoms. The molecule has 0 radical (unpaired) electrons. The summed E-state index contributed by atoms with van der Waals surface area (Å²) in [6.07, 6.45) is 3.78. The molecule has 0 aromatic carbocycles. The molecular weight excluding hydrogens is 356 g/mol. The third kappa shape index (κ3) is 5.19. The van der Waals surface area contributed by atoms with E-state index < -0.39 is 0 Å². The lowest BCUT2D eigenvalue weighted by Crippen LogP contribution is -2.52. The van der Waals surface area contributed by atoms with Crippen LogP contribution in [0.2, 0.25) is 0 Å². The molecule has 0 aliphatic carbocycles. The molecule has 1 aliphatic heterocycles. The average molecular weight is 387 g/mol. The highest BCUT2D eigenvalue weighted by atomic mass is 32.1. The first-order chi connectivity index (χ1) is 13.2. The van der Waals surface area contributed by atoms with Crippen molar-refractivity contribution in [1.82, 2.24) is 20.2 Å². The zero-order valence-corrected chi connectivity index (χ0v) is 17.4. The lowest BCUT2D eigenvalue weighted by molar-refractivity contribution is 0.371. The molecule has 6 nitrogen and oxygen atoms in total. The second-order valence-electron chi connectivity index (χ2n) is 6.61. The Bertz CT molecular complexity index is 734. The maximum atomic E-state index is 4.86. The Morgan fingerprint density at radius 1 is 1.22 bits per heavy atom. The van der Waals surface area contributed by atoms with E-state index in [1.807, 2.05) is 29.7 Å². The number of guanidine groups is 1. The minimum Gasteiger partial charge on any atom is -0.357 e. The predicted octanol–water partition coefficient (Wildman–Crippen LogP) is 2.74. The highest BCUT2D eigenvalue weighted by Gasteiger charge is 2.20. The zero-order chi connectivity index (χ0) is 19.1. The smallest absolute Gasteiger partial charge is 0.194 e. The number of thiazole rings is 1. The molecule has 2 aromatic rings. The topological polar surface area (TPSA) is 56.7 Å². The number of hydrogen-bond acceptors (Lipinski definition) is 5. The zero-order valence-electron chi connectivity index (χ0n) is 16.6. The molecule has 27 heavy (non-hydrogen) atoms. The lowest BCUT2D eigenvalue weighted by Gasteiger charge is -2.37. The van der Waals surface area contributed by atoms with Gasteiger partial charge in [-0.3, -0.25) is 4.99 Å². The van der Waals surface area contributed by atoms with Gasteiger partial charge in [0.15, 0.2) is 5.96 Å². The van der Waals surface area contributed by atoms with E-state index in [4.69, 9.17) is 9.98 Å². The first-order valence-corrected chi connectivity index (χ1v) is 10.7.